The van der Waals surface area contributed by atoms with Crippen LogP contribution in [0.4, 0.5) is 0 Å². The molecule has 0 aliphatic carbocycles. The Hall–Kier alpha value is -1.22. The average molecular weight is 229 g/mol. The molecular weight excluding hydrogens is 216 g/mol. The summed E-state index contributed by atoms with van der Waals surface area (Å²) in [6, 6.07) is 4.31. The highest BCUT2D eigenvalue weighted by Crippen LogP contribution is 2.27. The van der Waals surface area contributed by atoms with Crippen LogP contribution in [-0.2, 0) is 4.79 Å². The predicted octanol–water partition coefficient (Wildman–Crippen LogP) is 3.00. The fraction of sp³-hybridized carbons (Fsp3) is 0.364. The molecule has 0 aliphatic rings. The molecular formula is C11H13ClO3. The lowest BCUT2D eigenvalue weighted by molar-refractivity contribution is -0.138. The number of ether oxygens (including phenoxy) is 1. The first kappa shape index (κ1) is 11.9. The first-order chi connectivity index (χ1) is 7.04. The zero-order valence-electron chi connectivity index (χ0n) is 8.66. The predicted molar refractivity (Wildman–Crippen MR) is 58.2 cm³/mol. The van der Waals surface area contributed by atoms with Crippen LogP contribution in [0.25, 0.3) is 0 Å². The Kier molecular flexibility index (Phi) is 3.97. The lowest BCUT2D eigenvalue weighted by Crippen LogP contribution is -2.16. The number of halogens is 1. The Morgan fingerprint density at radius 3 is 2.80 bits per heavy atom. The highest BCUT2D eigenvalue weighted by molar-refractivity contribution is 6.32. The van der Waals surface area contributed by atoms with Crippen molar-refractivity contribution in [2.75, 3.05) is 0 Å². The number of phenols is 1. The molecule has 1 atom stereocenters. The summed E-state index contributed by atoms with van der Waals surface area (Å²) in [4.78, 5) is 11.4. The van der Waals surface area contributed by atoms with Crippen LogP contribution in [0.15, 0.2) is 18.2 Å². The molecule has 4 heteroatoms. The van der Waals surface area contributed by atoms with E-state index in [0.717, 1.165) is 6.42 Å². The Bertz CT molecular complexity index is 363. The SMILES string of the molecule is CCC(C)C(=O)Oc1ccc(O)c(Cl)c1. The quantitative estimate of drug-likeness (QED) is 0.639. The minimum atomic E-state index is -0.292. The van der Waals surface area contributed by atoms with Gasteiger partial charge in [0.25, 0.3) is 0 Å². The fourth-order valence-electron chi connectivity index (χ4n) is 0.935. The van der Waals surface area contributed by atoms with Crippen LogP contribution in [0.3, 0.4) is 0 Å². The monoisotopic (exact) mass is 228 g/mol. The van der Waals surface area contributed by atoms with E-state index in [2.05, 4.69) is 0 Å². The van der Waals surface area contributed by atoms with Crippen molar-refractivity contribution in [2.24, 2.45) is 5.92 Å². The normalized spacial score (nSPS) is 12.2. The topological polar surface area (TPSA) is 46.5 Å². The van der Waals surface area contributed by atoms with Gasteiger partial charge in [-0.05, 0) is 18.6 Å². The van der Waals surface area contributed by atoms with Crippen LogP contribution in [0.2, 0.25) is 5.02 Å². The van der Waals surface area contributed by atoms with Gasteiger partial charge in [0.15, 0.2) is 0 Å². The van der Waals surface area contributed by atoms with Crippen molar-refractivity contribution < 1.29 is 14.6 Å². The first-order valence-electron chi connectivity index (χ1n) is 4.74. The Morgan fingerprint density at radius 1 is 1.60 bits per heavy atom. The van der Waals surface area contributed by atoms with Crippen molar-refractivity contribution in [2.45, 2.75) is 20.3 Å². The van der Waals surface area contributed by atoms with Gasteiger partial charge in [-0.25, -0.2) is 0 Å². The van der Waals surface area contributed by atoms with Gasteiger partial charge in [0.2, 0.25) is 0 Å². The summed E-state index contributed by atoms with van der Waals surface area (Å²) in [5, 5.41) is 9.33. The molecule has 1 aromatic rings. The van der Waals surface area contributed by atoms with Crippen LogP contribution in [0.5, 0.6) is 11.5 Å². The lowest BCUT2D eigenvalue weighted by Gasteiger charge is -2.09. The summed E-state index contributed by atoms with van der Waals surface area (Å²) in [6.45, 7) is 3.71. The molecule has 1 aromatic carbocycles. The van der Waals surface area contributed by atoms with Gasteiger partial charge < -0.3 is 9.84 Å². The van der Waals surface area contributed by atoms with E-state index in [9.17, 15) is 4.79 Å². The fourth-order valence-corrected chi connectivity index (χ4v) is 1.11. The minimum Gasteiger partial charge on any atom is -0.506 e. The van der Waals surface area contributed by atoms with E-state index in [-0.39, 0.29) is 22.7 Å². The molecule has 0 aromatic heterocycles. The number of carbonyl (C=O) groups excluding carboxylic acids is 1. The number of hydrogen-bond acceptors (Lipinski definition) is 3. The van der Waals surface area contributed by atoms with Crippen LogP contribution < -0.4 is 4.74 Å². The van der Waals surface area contributed by atoms with Crippen molar-refractivity contribution in [3.63, 3.8) is 0 Å². The van der Waals surface area contributed by atoms with Crippen LogP contribution in [-0.4, -0.2) is 11.1 Å². The van der Waals surface area contributed by atoms with Gasteiger partial charge in [0, 0.05) is 6.07 Å². The van der Waals surface area contributed by atoms with Crippen molar-refractivity contribution in [1.82, 2.24) is 0 Å². The van der Waals surface area contributed by atoms with E-state index in [1.54, 1.807) is 6.92 Å². The minimum absolute atomic E-state index is 0.0278. The summed E-state index contributed by atoms with van der Waals surface area (Å²) in [5.41, 5.74) is 0. The van der Waals surface area contributed by atoms with Gasteiger partial charge in [-0.3, -0.25) is 4.79 Å². The summed E-state index contributed by atoms with van der Waals surface area (Å²) in [5.74, 6) is -0.111. The smallest absolute Gasteiger partial charge is 0.314 e. The van der Waals surface area contributed by atoms with Crippen molar-refractivity contribution in [3.05, 3.63) is 23.2 Å². The molecule has 0 heterocycles. The van der Waals surface area contributed by atoms with Gasteiger partial charge >= 0.3 is 5.97 Å². The first-order valence-corrected chi connectivity index (χ1v) is 5.12. The largest absolute Gasteiger partial charge is 0.506 e. The summed E-state index contributed by atoms with van der Waals surface area (Å²) < 4.78 is 5.07. The van der Waals surface area contributed by atoms with Crippen molar-refractivity contribution in [1.29, 1.82) is 0 Å². The van der Waals surface area contributed by atoms with Gasteiger partial charge in [-0.15, -0.1) is 0 Å². The van der Waals surface area contributed by atoms with Crippen LogP contribution in [0, 0.1) is 5.92 Å². The molecule has 1 unspecified atom stereocenters. The van der Waals surface area contributed by atoms with Gasteiger partial charge in [-0.2, -0.15) is 0 Å². The third-order valence-electron chi connectivity index (χ3n) is 2.15. The van der Waals surface area contributed by atoms with Crippen molar-refractivity contribution in [3.8, 4) is 11.5 Å². The maximum absolute atomic E-state index is 11.4. The lowest BCUT2D eigenvalue weighted by atomic mass is 10.1. The molecule has 82 valence electrons. The third-order valence-corrected chi connectivity index (χ3v) is 2.46. The number of benzene rings is 1. The second-order valence-electron chi connectivity index (χ2n) is 3.34. The molecule has 0 aliphatic heterocycles. The molecule has 0 amide bonds. The molecule has 1 rings (SSSR count). The summed E-state index contributed by atoms with van der Waals surface area (Å²) >= 11 is 5.67. The van der Waals surface area contributed by atoms with Crippen LogP contribution in [0.1, 0.15) is 20.3 Å². The van der Waals surface area contributed by atoms with E-state index in [4.69, 9.17) is 21.4 Å². The standard InChI is InChI=1S/C11H13ClO3/c1-3-7(2)11(14)15-8-4-5-10(13)9(12)6-8/h4-7,13H,3H2,1-2H3. The highest BCUT2D eigenvalue weighted by atomic mass is 35.5. The number of esters is 1. The average Bonchev–Trinajstić information content (AvgIpc) is 2.22. The Balaban J connectivity index is 2.73. The summed E-state index contributed by atoms with van der Waals surface area (Å²) in [6.07, 6.45) is 0.727. The third kappa shape index (κ3) is 3.13. The van der Waals surface area contributed by atoms with E-state index >= 15 is 0 Å². The number of aromatic hydroxyl groups is 1. The molecule has 0 radical (unpaired) electrons. The van der Waals surface area contributed by atoms with E-state index in [1.165, 1.54) is 18.2 Å². The second-order valence-corrected chi connectivity index (χ2v) is 3.75. The Labute approximate surface area is 93.6 Å². The molecule has 0 spiro atoms. The van der Waals surface area contributed by atoms with Crippen molar-refractivity contribution >= 4 is 17.6 Å². The van der Waals surface area contributed by atoms with Gasteiger partial charge in [-0.1, -0.05) is 25.4 Å². The number of phenolic OH excluding ortho intramolecular Hbond substituents is 1. The zero-order valence-corrected chi connectivity index (χ0v) is 9.41. The van der Waals surface area contributed by atoms with Gasteiger partial charge in [0.05, 0.1) is 10.9 Å². The van der Waals surface area contributed by atoms with E-state index in [1.807, 2.05) is 6.92 Å². The number of rotatable bonds is 3. The van der Waals surface area contributed by atoms with Gasteiger partial charge in [0.1, 0.15) is 11.5 Å². The molecule has 0 saturated heterocycles. The molecule has 0 saturated carbocycles. The second kappa shape index (κ2) is 5.03. The Morgan fingerprint density at radius 2 is 2.27 bits per heavy atom. The molecule has 0 bridgehead atoms. The molecule has 1 N–H and O–H groups in total. The summed E-state index contributed by atoms with van der Waals surface area (Å²) in [7, 11) is 0. The van der Waals surface area contributed by atoms with E-state index < -0.39 is 0 Å². The molecule has 0 fully saturated rings. The van der Waals surface area contributed by atoms with E-state index in [0.29, 0.717) is 5.75 Å². The molecule has 3 nitrogen and oxygen atoms in total. The number of carbonyl (C=O) groups is 1. The maximum Gasteiger partial charge on any atom is 0.314 e. The molecule has 15 heavy (non-hydrogen) atoms. The maximum atomic E-state index is 11.4. The zero-order chi connectivity index (χ0) is 11.4. The van der Waals surface area contributed by atoms with Crippen LogP contribution >= 0.6 is 11.6 Å². The highest BCUT2D eigenvalue weighted by Gasteiger charge is 2.13. The number of hydrogen-bond donors (Lipinski definition) is 1.